The van der Waals surface area contributed by atoms with Crippen molar-refractivity contribution in [3.63, 3.8) is 0 Å². The van der Waals surface area contributed by atoms with E-state index in [4.69, 9.17) is 15.2 Å². The molecule has 1 atom stereocenters. The largest absolute Gasteiger partial charge is 0.494 e. The summed E-state index contributed by atoms with van der Waals surface area (Å²) in [6.07, 6.45) is -0.995. The molecule has 2 rings (SSSR count). The highest BCUT2D eigenvalue weighted by molar-refractivity contribution is 5.98. The smallest absolute Gasteiger partial charge is 0.338 e. The Morgan fingerprint density at radius 3 is 2.12 bits per heavy atom. The van der Waals surface area contributed by atoms with E-state index in [-0.39, 0.29) is 0 Å². The molecule has 0 aliphatic heterocycles. The summed E-state index contributed by atoms with van der Waals surface area (Å²) < 4.78 is 10.5. The van der Waals surface area contributed by atoms with E-state index < -0.39 is 23.9 Å². The molecule has 136 valence electrons. The van der Waals surface area contributed by atoms with Gasteiger partial charge in [0, 0.05) is 11.3 Å². The fourth-order valence-corrected chi connectivity index (χ4v) is 2.10. The van der Waals surface area contributed by atoms with Gasteiger partial charge in [-0.05, 0) is 62.4 Å². The van der Waals surface area contributed by atoms with Crippen molar-refractivity contribution in [2.45, 2.75) is 20.0 Å². The monoisotopic (exact) mass is 356 g/mol. The minimum atomic E-state index is -0.995. The standard InChI is InChI=1S/C19H20N2O5/c1-3-25-16-10-6-14(7-11-16)19(24)26-12(2)18(23)21-15-8-4-13(5-9-15)17(20)22/h4-12H,3H2,1-2H3,(H2,20,22)(H,21,23)/t12-/m1/s1. The van der Waals surface area contributed by atoms with Crippen LogP contribution in [0, 0.1) is 0 Å². The molecule has 0 heterocycles. The van der Waals surface area contributed by atoms with Gasteiger partial charge in [0.25, 0.3) is 5.91 Å². The van der Waals surface area contributed by atoms with E-state index >= 15 is 0 Å². The molecule has 0 unspecified atom stereocenters. The third kappa shape index (κ3) is 5.07. The molecule has 0 aliphatic rings. The van der Waals surface area contributed by atoms with Gasteiger partial charge < -0.3 is 20.5 Å². The summed E-state index contributed by atoms with van der Waals surface area (Å²) in [7, 11) is 0. The zero-order valence-corrected chi connectivity index (χ0v) is 14.5. The van der Waals surface area contributed by atoms with Gasteiger partial charge in [-0.2, -0.15) is 0 Å². The molecule has 2 aromatic rings. The predicted octanol–water partition coefficient (Wildman–Crippen LogP) is 2.37. The number of benzene rings is 2. The van der Waals surface area contributed by atoms with Crippen LogP contribution in [0.5, 0.6) is 5.75 Å². The van der Waals surface area contributed by atoms with Crippen LogP contribution in [0.25, 0.3) is 0 Å². The molecule has 2 aromatic carbocycles. The Kier molecular flexibility index (Phi) is 6.32. The first-order valence-corrected chi connectivity index (χ1v) is 8.05. The number of anilines is 1. The molecule has 0 fully saturated rings. The van der Waals surface area contributed by atoms with Gasteiger partial charge in [0.1, 0.15) is 5.75 Å². The quantitative estimate of drug-likeness (QED) is 0.741. The number of primary amides is 1. The number of nitrogens with two attached hydrogens (primary N) is 1. The second kappa shape index (κ2) is 8.66. The normalized spacial score (nSPS) is 11.3. The first-order chi connectivity index (χ1) is 12.4. The summed E-state index contributed by atoms with van der Waals surface area (Å²) in [5, 5.41) is 2.60. The lowest BCUT2D eigenvalue weighted by molar-refractivity contribution is -0.123. The topological polar surface area (TPSA) is 108 Å². The van der Waals surface area contributed by atoms with Crippen LogP contribution in [0.2, 0.25) is 0 Å². The number of esters is 1. The Balaban J connectivity index is 1.93. The van der Waals surface area contributed by atoms with Gasteiger partial charge in [-0.1, -0.05) is 0 Å². The Morgan fingerprint density at radius 2 is 1.58 bits per heavy atom. The van der Waals surface area contributed by atoms with Gasteiger partial charge in [0.2, 0.25) is 5.91 Å². The van der Waals surface area contributed by atoms with Crippen molar-refractivity contribution >= 4 is 23.5 Å². The van der Waals surface area contributed by atoms with Crippen LogP contribution < -0.4 is 15.8 Å². The number of rotatable bonds is 7. The highest BCUT2D eigenvalue weighted by Crippen LogP contribution is 2.14. The molecule has 26 heavy (non-hydrogen) atoms. The van der Waals surface area contributed by atoms with E-state index in [1.807, 2.05) is 6.92 Å². The predicted molar refractivity (Wildman–Crippen MR) is 96.1 cm³/mol. The number of hydrogen-bond acceptors (Lipinski definition) is 5. The molecule has 0 bridgehead atoms. The SMILES string of the molecule is CCOc1ccc(C(=O)O[C@H](C)C(=O)Nc2ccc(C(N)=O)cc2)cc1. The van der Waals surface area contributed by atoms with Crippen LogP contribution in [-0.2, 0) is 9.53 Å². The average molecular weight is 356 g/mol. The fraction of sp³-hybridized carbons (Fsp3) is 0.211. The zero-order chi connectivity index (χ0) is 19.1. The van der Waals surface area contributed by atoms with Crippen molar-refractivity contribution in [3.8, 4) is 5.75 Å². The molecule has 0 saturated carbocycles. The van der Waals surface area contributed by atoms with Crippen LogP contribution in [0.3, 0.4) is 0 Å². The van der Waals surface area contributed by atoms with Crippen molar-refractivity contribution in [1.82, 2.24) is 0 Å². The maximum atomic E-state index is 12.1. The molecule has 7 heteroatoms. The second-order valence-electron chi connectivity index (χ2n) is 5.44. The molecular formula is C19H20N2O5. The Morgan fingerprint density at radius 1 is 1.00 bits per heavy atom. The number of carbonyl (C=O) groups excluding carboxylic acids is 3. The summed E-state index contributed by atoms with van der Waals surface area (Å²) in [4.78, 5) is 35.3. The zero-order valence-electron chi connectivity index (χ0n) is 14.5. The number of hydrogen-bond donors (Lipinski definition) is 2. The van der Waals surface area contributed by atoms with E-state index in [9.17, 15) is 14.4 Å². The molecule has 2 amide bonds. The average Bonchev–Trinajstić information content (AvgIpc) is 2.63. The number of ether oxygens (including phenoxy) is 2. The summed E-state index contributed by atoms with van der Waals surface area (Å²) in [6.45, 7) is 3.87. The van der Waals surface area contributed by atoms with Crippen LogP contribution in [-0.4, -0.2) is 30.5 Å². The third-order valence-corrected chi connectivity index (χ3v) is 3.49. The van der Waals surface area contributed by atoms with Gasteiger partial charge >= 0.3 is 5.97 Å². The van der Waals surface area contributed by atoms with Gasteiger partial charge in [-0.15, -0.1) is 0 Å². The van der Waals surface area contributed by atoms with Gasteiger partial charge in [0.15, 0.2) is 6.10 Å². The number of nitrogens with one attached hydrogen (secondary N) is 1. The van der Waals surface area contributed by atoms with E-state index in [1.54, 1.807) is 36.4 Å². The van der Waals surface area contributed by atoms with Crippen molar-refractivity contribution in [3.05, 3.63) is 59.7 Å². The van der Waals surface area contributed by atoms with E-state index in [2.05, 4.69) is 5.32 Å². The first kappa shape index (κ1) is 19.0. The van der Waals surface area contributed by atoms with Crippen molar-refractivity contribution < 1.29 is 23.9 Å². The summed E-state index contributed by atoms with van der Waals surface area (Å²) >= 11 is 0. The molecule has 0 saturated heterocycles. The van der Waals surface area contributed by atoms with Gasteiger partial charge in [-0.25, -0.2) is 4.79 Å². The minimum Gasteiger partial charge on any atom is -0.494 e. The number of amides is 2. The molecule has 0 aromatic heterocycles. The number of carbonyl (C=O) groups is 3. The second-order valence-corrected chi connectivity index (χ2v) is 5.44. The lowest BCUT2D eigenvalue weighted by Gasteiger charge is -2.14. The third-order valence-electron chi connectivity index (χ3n) is 3.49. The van der Waals surface area contributed by atoms with Crippen molar-refractivity contribution in [2.75, 3.05) is 11.9 Å². The minimum absolute atomic E-state index is 0.318. The lowest BCUT2D eigenvalue weighted by Crippen LogP contribution is -2.30. The molecule has 3 N–H and O–H groups in total. The van der Waals surface area contributed by atoms with Gasteiger partial charge in [-0.3, -0.25) is 9.59 Å². The van der Waals surface area contributed by atoms with Gasteiger partial charge in [0.05, 0.1) is 12.2 Å². The molecular weight excluding hydrogens is 336 g/mol. The van der Waals surface area contributed by atoms with E-state index in [0.717, 1.165) is 0 Å². The highest BCUT2D eigenvalue weighted by Gasteiger charge is 2.19. The molecule has 0 aliphatic carbocycles. The highest BCUT2D eigenvalue weighted by atomic mass is 16.5. The fourth-order valence-electron chi connectivity index (χ4n) is 2.10. The Labute approximate surface area is 151 Å². The summed E-state index contributed by atoms with van der Waals surface area (Å²) in [5.41, 5.74) is 6.27. The summed E-state index contributed by atoms with van der Waals surface area (Å²) in [6, 6.07) is 12.5. The summed E-state index contributed by atoms with van der Waals surface area (Å²) in [5.74, 6) is -1.01. The van der Waals surface area contributed by atoms with Crippen LogP contribution >= 0.6 is 0 Å². The maximum absolute atomic E-state index is 12.1. The lowest BCUT2D eigenvalue weighted by atomic mass is 10.2. The van der Waals surface area contributed by atoms with Crippen LogP contribution in [0.1, 0.15) is 34.6 Å². The maximum Gasteiger partial charge on any atom is 0.338 e. The van der Waals surface area contributed by atoms with Crippen LogP contribution in [0.4, 0.5) is 5.69 Å². The first-order valence-electron chi connectivity index (χ1n) is 8.05. The van der Waals surface area contributed by atoms with Crippen molar-refractivity contribution in [2.24, 2.45) is 5.73 Å². The molecule has 0 radical (unpaired) electrons. The Bertz CT molecular complexity index is 785. The molecule has 7 nitrogen and oxygen atoms in total. The van der Waals surface area contributed by atoms with Crippen molar-refractivity contribution in [1.29, 1.82) is 0 Å². The Hall–Kier alpha value is -3.35. The van der Waals surface area contributed by atoms with E-state index in [1.165, 1.54) is 19.1 Å². The molecule has 0 spiro atoms. The van der Waals surface area contributed by atoms with E-state index in [0.29, 0.717) is 29.2 Å². The van der Waals surface area contributed by atoms with Crippen LogP contribution in [0.15, 0.2) is 48.5 Å².